The number of ether oxygens (including phenoxy) is 1. The van der Waals surface area contributed by atoms with E-state index in [1.54, 1.807) is 0 Å². The summed E-state index contributed by atoms with van der Waals surface area (Å²) in [6.45, 7) is 1.12. The van der Waals surface area contributed by atoms with Crippen LogP contribution in [0.15, 0.2) is 0 Å². The van der Waals surface area contributed by atoms with E-state index in [4.69, 9.17) is 9.84 Å². The Balaban J connectivity index is 2.13. The Morgan fingerprint density at radius 3 is 2.78 bits per heavy atom. The molecule has 9 heavy (non-hydrogen) atoms. The number of fused-ring (bicyclic) bond motifs is 2. The first kappa shape index (κ1) is 5.69. The second-order valence-electron chi connectivity index (χ2n) is 3.26. The zero-order chi connectivity index (χ0) is 6.32. The lowest BCUT2D eigenvalue weighted by molar-refractivity contribution is -0.0528. The van der Waals surface area contributed by atoms with Gasteiger partial charge in [0.1, 0.15) is 0 Å². The van der Waals surface area contributed by atoms with Crippen LogP contribution < -0.4 is 0 Å². The molecule has 2 rings (SSSR count). The van der Waals surface area contributed by atoms with E-state index < -0.39 is 0 Å². The molecule has 2 aliphatic rings. The average Bonchev–Trinajstić information content (AvgIpc) is 2.46. The Hall–Kier alpha value is -0.0800. The van der Waals surface area contributed by atoms with Crippen molar-refractivity contribution in [2.75, 3.05) is 13.2 Å². The van der Waals surface area contributed by atoms with Crippen molar-refractivity contribution in [2.45, 2.75) is 24.9 Å². The van der Waals surface area contributed by atoms with E-state index in [0.717, 1.165) is 25.4 Å². The summed E-state index contributed by atoms with van der Waals surface area (Å²) in [5.41, 5.74) is -0.0926. The first-order valence-corrected chi connectivity index (χ1v) is 3.59. The van der Waals surface area contributed by atoms with Crippen molar-refractivity contribution in [1.82, 2.24) is 0 Å². The van der Waals surface area contributed by atoms with Crippen LogP contribution in [0.5, 0.6) is 0 Å². The third kappa shape index (κ3) is 0.700. The van der Waals surface area contributed by atoms with E-state index in [9.17, 15) is 0 Å². The second kappa shape index (κ2) is 1.70. The van der Waals surface area contributed by atoms with Gasteiger partial charge in [0, 0.05) is 0 Å². The summed E-state index contributed by atoms with van der Waals surface area (Å²) in [4.78, 5) is 0. The highest BCUT2D eigenvalue weighted by Gasteiger charge is 2.45. The van der Waals surface area contributed by atoms with Crippen molar-refractivity contribution in [3.8, 4) is 0 Å². The van der Waals surface area contributed by atoms with Crippen LogP contribution in [-0.2, 0) is 4.74 Å². The van der Waals surface area contributed by atoms with Crippen LogP contribution in [-0.4, -0.2) is 23.9 Å². The molecule has 2 atom stereocenters. The maximum atomic E-state index is 8.92. The highest BCUT2D eigenvalue weighted by atomic mass is 16.5. The predicted molar refractivity (Wildman–Crippen MR) is 33.1 cm³/mol. The topological polar surface area (TPSA) is 29.5 Å². The first-order valence-electron chi connectivity index (χ1n) is 3.59. The quantitative estimate of drug-likeness (QED) is 0.558. The standard InChI is InChI=1S/C7H12O2/c8-5-7-2-1-6(3-7)4-9-7/h6,8H,1-5H2. The van der Waals surface area contributed by atoms with Crippen molar-refractivity contribution in [3.63, 3.8) is 0 Å². The Kier molecular flexibility index (Phi) is 1.08. The monoisotopic (exact) mass is 128 g/mol. The Morgan fingerprint density at radius 2 is 2.56 bits per heavy atom. The normalized spacial score (nSPS) is 48.3. The second-order valence-corrected chi connectivity index (χ2v) is 3.26. The molecule has 2 bridgehead atoms. The summed E-state index contributed by atoms with van der Waals surface area (Å²) >= 11 is 0. The van der Waals surface area contributed by atoms with E-state index in [1.807, 2.05) is 0 Å². The summed E-state index contributed by atoms with van der Waals surface area (Å²) in [5.74, 6) is 0.761. The molecule has 1 aliphatic carbocycles. The van der Waals surface area contributed by atoms with Crippen LogP contribution in [0.4, 0.5) is 0 Å². The summed E-state index contributed by atoms with van der Waals surface area (Å²) < 4.78 is 5.44. The Morgan fingerprint density at radius 1 is 1.67 bits per heavy atom. The van der Waals surface area contributed by atoms with Gasteiger partial charge in [-0.3, -0.25) is 0 Å². The molecule has 0 aromatic heterocycles. The van der Waals surface area contributed by atoms with Crippen LogP contribution >= 0.6 is 0 Å². The van der Waals surface area contributed by atoms with Crippen LogP contribution in [0.2, 0.25) is 0 Å². The van der Waals surface area contributed by atoms with Crippen molar-refractivity contribution in [1.29, 1.82) is 0 Å². The van der Waals surface area contributed by atoms with Crippen molar-refractivity contribution in [2.24, 2.45) is 5.92 Å². The van der Waals surface area contributed by atoms with E-state index in [-0.39, 0.29) is 12.2 Å². The zero-order valence-electron chi connectivity index (χ0n) is 5.47. The van der Waals surface area contributed by atoms with Gasteiger partial charge in [-0.05, 0) is 25.2 Å². The van der Waals surface area contributed by atoms with Gasteiger partial charge in [-0.1, -0.05) is 0 Å². The summed E-state index contributed by atoms with van der Waals surface area (Å²) in [5, 5.41) is 8.92. The fourth-order valence-corrected chi connectivity index (χ4v) is 1.95. The third-order valence-corrected chi connectivity index (χ3v) is 2.58. The SMILES string of the molecule is OCC12CCC(CO1)C2. The molecule has 1 heterocycles. The van der Waals surface area contributed by atoms with Crippen molar-refractivity contribution >= 4 is 0 Å². The smallest absolute Gasteiger partial charge is 0.0915 e. The molecule has 0 radical (unpaired) electrons. The average molecular weight is 128 g/mol. The maximum absolute atomic E-state index is 8.92. The van der Waals surface area contributed by atoms with Gasteiger partial charge in [-0.15, -0.1) is 0 Å². The molecule has 0 spiro atoms. The van der Waals surface area contributed by atoms with Gasteiger partial charge in [0.05, 0.1) is 18.8 Å². The van der Waals surface area contributed by atoms with Gasteiger partial charge in [0.15, 0.2) is 0 Å². The van der Waals surface area contributed by atoms with Gasteiger partial charge >= 0.3 is 0 Å². The first-order chi connectivity index (χ1) is 4.35. The highest BCUT2D eigenvalue weighted by Crippen LogP contribution is 2.43. The summed E-state index contributed by atoms with van der Waals surface area (Å²) in [7, 11) is 0. The highest BCUT2D eigenvalue weighted by molar-refractivity contribution is 4.95. The van der Waals surface area contributed by atoms with Crippen LogP contribution in [0, 0.1) is 5.92 Å². The molecule has 0 amide bonds. The van der Waals surface area contributed by atoms with Crippen molar-refractivity contribution < 1.29 is 9.84 Å². The molecular weight excluding hydrogens is 116 g/mol. The number of hydrogen-bond donors (Lipinski definition) is 1. The van der Waals surface area contributed by atoms with Crippen molar-refractivity contribution in [3.05, 3.63) is 0 Å². The molecule has 1 aliphatic heterocycles. The molecule has 0 aromatic carbocycles. The van der Waals surface area contributed by atoms with E-state index in [2.05, 4.69) is 0 Å². The lowest BCUT2D eigenvalue weighted by Gasteiger charge is -2.23. The van der Waals surface area contributed by atoms with Gasteiger partial charge in [0.2, 0.25) is 0 Å². The van der Waals surface area contributed by atoms with Crippen LogP contribution in [0.25, 0.3) is 0 Å². The minimum absolute atomic E-state index is 0.0926. The maximum Gasteiger partial charge on any atom is 0.0915 e. The predicted octanol–water partition coefficient (Wildman–Crippen LogP) is 0.548. The number of aliphatic hydroxyl groups excluding tert-OH is 1. The van der Waals surface area contributed by atoms with E-state index >= 15 is 0 Å². The molecular formula is C7H12O2. The lowest BCUT2D eigenvalue weighted by atomic mass is 10.1. The molecule has 1 N–H and O–H groups in total. The minimum Gasteiger partial charge on any atom is -0.393 e. The summed E-state index contributed by atoms with van der Waals surface area (Å²) in [6.07, 6.45) is 3.44. The van der Waals surface area contributed by atoms with E-state index in [0.29, 0.717) is 0 Å². The van der Waals surface area contributed by atoms with Gasteiger partial charge in [-0.25, -0.2) is 0 Å². The number of hydrogen-bond acceptors (Lipinski definition) is 2. The van der Waals surface area contributed by atoms with Crippen LogP contribution in [0.1, 0.15) is 19.3 Å². The van der Waals surface area contributed by atoms with E-state index in [1.165, 1.54) is 6.42 Å². The Labute approximate surface area is 54.8 Å². The summed E-state index contributed by atoms with van der Waals surface area (Å²) in [6, 6.07) is 0. The third-order valence-electron chi connectivity index (χ3n) is 2.58. The van der Waals surface area contributed by atoms with Gasteiger partial charge in [-0.2, -0.15) is 0 Å². The fraction of sp³-hybridized carbons (Fsp3) is 1.00. The Bertz CT molecular complexity index is 114. The molecule has 2 unspecified atom stereocenters. The fourth-order valence-electron chi connectivity index (χ4n) is 1.95. The van der Waals surface area contributed by atoms with Gasteiger partial charge < -0.3 is 9.84 Å². The van der Waals surface area contributed by atoms with Crippen LogP contribution in [0.3, 0.4) is 0 Å². The molecule has 2 heteroatoms. The molecule has 2 nitrogen and oxygen atoms in total. The number of rotatable bonds is 1. The zero-order valence-corrected chi connectivity index (χ0v) is 5.47. The molecule has 1 saturated carbocycles. The molecule has 2 fully saturated rings. The minimum atomic E-state index is -0.0926. The number of aliphatic hydroxyl groups is 1. The lowest BCUT2D eigenvalue weighted by Crippen LogP contribution is -2.30. The molecule has 0 aromatic rings. The molecule has 1 saturated heterocycles. The largest absolute Gasteiger partial charge is 0.393 e. The molecule has 52 valence electrons. The van der Waals surface area contributed by atoms with Gasteiger partial charge in [0.25, 0.3) is 0 Å².